The van der Waals surface area contributed by atoms with Crippen molar-refractivity contribution in [2.24, 2.45) is 0 Å². The molecule has 190 valence electrons. The monoisotopic (exact) mass is 542 g/mol. The van der Waals surface area contributed by atoms with Crippen LogP contribution in [0.3, 0.4) is 0 Å². The van der Waals surface area contributed by atoms with E-state index in [1.807, 2.05) is 19.0 Å². The Kier molecular flexibility index (Phi) is 8.70. The first kappa shape index (κ1) is 26.9. The smallest absolute Gasteiger partial charge is 0.352 e. The van der Waals surface area contributed by atoms with Crippen LogP contribution in [0.2, 0.25) is 0 Å². The number of β-lactam (4-membered cyclic amide) rings is 1. The van der Waals surface area contributed by atoms with Crippen LogP contribution >= 0.6 is 34.9 Å². The molecule has 2 aliphatic rings. The minimum Gasteiger partial charge on any atom is -0.477 e. The second-order valence-electron chi connectivity index (χ2n) is 7.84. The van der Waals surface area contributed by atoms with Gasteiger partial charge in [-0.3, -0.25) is 14.5 Å². The number of thioether (sulfide) groups is 2. The summed E-state index contributed by atoms with van der Waals surface area (Å²) in [5.41, 5.74) is 6.68. The number of anilines is 1. The van der Waals surface area contributed by atoms with E-state index in [1.165, 1.54) is 39.8 Å². The van der Waals surface area contributed by atoms with Gasteiger partial charge >= 0.3 is 5.97 Å². The molecule has 0 saturated carbocycles. The second-order valence-corrected chi connectivity index (χ2v) is 10.8. The van der Waals surface area contributed by atoms with E-state index in [4.69, 9.17) is 5.73 Å². The van der Waals surface area contributed by atoms with Crippen LogP contribution in [0.1, 0.15) is 5.69 Å². The van der Waals surface area contributed by atoms with Crippen molar-refractivity contribution in [3.05, 3.63) is 22.3 Å². The number of carboxylic acid groups (broad SMARTS) is 1. The van der Waals surface area contributed by atoms with E-state index in [9.17, 15) is 19.5 Å². The van der Waals surface area contributed by atoms with Crippen LogP contribution in [-0.2, 0) is 27.3 Å². The first-order valence-corrected chi connectivity index (χ1v) is 13.1. The fourth-order valence-corrected chi connectivity index (χ4v) is 6.42. The quantitative estimate of drug-likeness (QED) is 0.221. The number of amides is 2. The molecular formula is C18H26N10O4S3. The third kappa shape index (κ3) is 5.92. The zero-order valence-electron chi connectivity index (χ0n) is 19.1. The van der Waals surface area contributed by atoms with Crippen molar-refractivity contribution in [3.63, 3.8) is 0 Å². The van der Waals surface area contributed by atoms with Gasteiger partial charge in [0.1, 0.15) is 17.1 Å². The minimum absolute atomic E-state index is 0. The van der Waals surface area contributed by atoms with Crippen LogP contribution in [0.15, 0.2) is 21.8 Å². The van der Waals surface area contributed by atoms with E-state index in [-0.39, 0.29) is 24.2 Å². The molecule has 2 aromatic heterocycles. The molecule has 0 unspecified atom stereocenters. The van der Waals surface area contributed by atoms with E-state index >= 15 is 0 Å². The molecule has 2 aromatic rings. The third-order valence-electron chi connectivity index (χ3n) is 5.11. The molecular weight excluding hydrogens is 516 g/mol. The van der Waals surface area contributed by atoms with E-state index in [0.29, 0.717) is 39.6 Å². The maximum Gasteiger partial charge on any atom is 0.352 e. The Balaban J connectivity index is 0.00000342. The molecule has 1 saturated heterocycles. The van der Waals surface area contributed by atoms with Crippen LogP contribution in [0.25, 0.3) is 0 Å². The van der Waals surface area contributed by atoms with Gasteiger partial charge < -0.3 is 27.2 Å². The number of tetrazole rings is 1. The number of carbonyl (C=O) groups is 3. The number of hydrogen-bond acceptors (Lipinski definition) is 13. The van der Waals surface area contributed by atoms with Gasteiger partial charge in [0.25, 0.3) is 5.91 Å². The molecule has 35 heavy (non-hydrogen) atoms. The van der Waals surface area contributed by atoms with Gasteiger partial charge in [0, 0.05) is 23.4 Å². The maximum atomic E-state index is 12.8. The molecule has 0 aliphatic carbocycles. The number of nitrogen functional groups attached to an aromatic ring is 1. The number of nitrogens with two attached hydrogens (primary N) is 1. The zero-order valence-corrected chi connectivity index (χ0v) is 21.5. The van der Waals surface area contributed by atoms with Gasteiger partial charge in [-0.25, -0.2) is 14.5 Å². The lowest BCUT2D eigenvalue weighted by molar-refractivity contribution is -0.150. The van der Waals surface area contributed by atoms with Crippen LogP contribution < -0.4 is 17.2 Å². The zero-order chi connectivity index (χ0) is 24.4. The highest BCUT2D eigenvalue weighted by molar-refractivity contribution is 8.01. The maximum absolute atomic E-state index is 12.8. The normalized spacial score (nSPS) is 19.3. The molecule has 2 amide bonds. The topological polar surface area (TPSA) is 207 Å². The number of aromatic nitrogens is 5. The summed E-state index contributed by atoms with van der Waals surface area (Å²) in [6, 6.07) is -0.782. The Bertz CT molecular complexity index is 1130. The number of thiazole rings is 1. The van der Waals surface area contributed by atoms with Crippen molar-refractivity contribution in [3.8, 4) is 0 Å². The molecule has 2 atom stereocenters. The van der Waals surface area contributed by atoms with Crippen LogP contribution in [0, 0.1) is 0 Å². The average molecular weight is 543 g/mol. The summed E-state index contributed by atoms with van der Waals surface area (Å²) in [5.74, 6) is -1.24. The highest BCUT2D eigenvalue weighted by Gasteiger charge is 2.54. The molecule has 0 aromatic carbocycles. The van der Waals surface area contributed by atoms with Crippen molar-refractivity contribution < 1.29 is 19.5 Å². The summed E-state index contributed by atoms with van der Waals surface area (Å²) in [5, 5.41) is 26.4. The lowest BCUT2D eigenvalue weighted by Crippen LogP contribution is -2.70. The molecule has 0 radical (unpaired) electrons. The molecule has 1 fully saturated rings. The number of nitrogens with zero attached hydrogens (tertiary/aromatic N) is 7. The summed E-state index contributed by atoms with van der Waals surface area (Å²) in [7, 11) is 3.90. The Morgan fingerprint density at radius 3 is 2.83 bits per heavy atom. The Labute approximate surface area is 213 Å². The predicted octanol–water partition coefficient (Wildman–Crippen LogP) is -0.491. The first-order chi connectivity index (χ1) is 16.2. The van der Waals surface area contributed by atoms with Gasteiger partial charge in [0.2, 0.25) is 11.1 Å². The number of carbonyl (C=O) groups excluding carboxylic acids is 2. The van der Waals surface area contributed by atoms with Crippen LogP contribution in [-0.4, -0.2) is 101 Å². The highest BCUT2D eigenvalue weighted by Crippen LogP contribution is 2.41. The van der Waals surface area contributed by atoms with E-state index in [1.54, 1.807) is 10.1 Å². The number of hydrogen-bond donors (Lipinski definition) is 4. The molecule has 0 spiro atoms. The summed E-state index contributed by atoms with van der Waals surface area (Å²) >= 11 is 3.98. The third-order valence-corrected chi connectivity index (χ3v) is 8.22. The molecule has 4 heterocycles. The molecule has 14 nitrogen and oxygen atoms in total. The van der Waals surface area contributed by atoms with E-state index in [0.717, 1.165) is 6.54 Å². The lowest BCUT2D eigenvalue weighted by Gasteiger charge is -2.49. The molecule has 2 aliphatic heterocycles. The van der Waals surface area contributed by atoms with Crippen molar-refractivity contribution in [1.29, 1.82) is 0 Å². The highest BCUT2D eigenvalue weighted by atomic mass is 32.2. The number of likely N-dealkylation sites (N-methyl/N-ethyl adjacent to an activating group) is 1. The van der Waals surface area contributed by atoms with E-state index in [2.05, 4.69) is 25.8 Å². The number of fused-ring (bicyclic) bond motifs is 1. The molecule has 17 heteroatoms. The Morgan fingerprint density at radius 1 is 1.40 bits per heavy atom. The molecule has 7 N–H and O–H groups in total. The second kappa shape index (κ2) is 11.3. The van der Waals surface area contributed by atoms with Gasteiger partial charge in [-0.15, -0.1) is 28.2 Å². The number of rotatable bonds is 10. The van der Waals surface area contributed by atoms with Crippen molar-refractivity contribution >= 4 is 57.8 Å². The summed E-state index contributed by atoms with van der Waals surface area (Å²) < 4.78 is 1.67. The van der Waals surface area contributed by atoms with Gasteiger partial charge in [0.15, 0.2) is 5.13 Å². The van der Waals surface area contributed by atoms with Gasteiger partial charge in [-0.05, 0) is 30.1 Å². The minimum atomic E-state index is -1.18. The van der Waals surface area contributed by atoms with Gasteiger partial charge in [-0.1, -0.05) is 11.8 Å². The number of aliphatic carboxylic acids is 1. The fourth-order valence-electron chi connectivity index (χ4n) is 3.47. The summed E-state index contributed by atoms with van der Waals surface area (Å²) in [6.07, 6.45) is 0.000917. The fraction of sp³-hybridized carbons (Fsp3) is 0.500. The van der Waals surface area contributed by atoms with E-state index < -0.39 is 23.3 Å². The molecule has 0 bridgehead atoms. The van der Waals surface area contributed by atoms with Gasteiger partial charge in [0.05, 0.1) is 18.7 Å². The van der Waals surface area contributed by atoms with Gasteiger partial charge in [-0.2, -0.15) is 0 Å². The number of nitrogens with one attached hydrogen (secondary N) is 1. The van der Waals surface area contributed by atoms with Crippen molar-refractivity contribution in [2.75, 3.05) is 37.9 Å². The Morgan fingerprint density at radius 2 is 2.17 bits per heavy atom. The summed E-state index contributed by atoms with van der Waals surface area (Å²) in [6.45, 7) is 1.36. The lowest BCUT2D eigenvalue weighted by atomic mass is 10.0. The largest absolute Gasteiger partial charge is 0.477 e. The number of carboxylic acids is 1. The SMILES string of the molecule is CN(C)CCn1nnnc1SCC1=C(C(=O)O)N2C(=O)[C@@H](NC(=O)Cc3csc(N)n3)[C@H]2SC1.N. The average Bonchev–Trinajstić information content (AvgIpc) is 3.41. The van der Waals surface area contributed by atoms with Crippen molar-refractivity contribution in [1.82, 2.24) is 46.5 Å². The van der Waals surface area contributed by atoms with Crippen LogP contribution in [0.4, 0.5) is 5.13 Å². The first-order valence-electron chi connectivity index (χ1n) is 10.2. The van der Waals surface area contributed by atoms with Crippen LogP contribution in [0.5, 0.6) is 0 Å². The molecule has 4 rings (SSSR count). The predicted molar refractivity (Wildman–Crippen MR) is 132 cm³/mol. The Hall–Kier alpha value is -2.73. The standard InChI is InChI=1S/C18H23N9O4S3.H3N/c1-25(2)3-4-26-18(22-23-24-26)34-7-9-6-32-15-12(14(29)27(15)13(9)16(30)31)21-11(28)5-10-8-33-17(19)20-10;/h8,12,15H,3-7H2,1-2H3,(H2,19,20)(H,21,28)(H,30,31);1H3/t12-,15-;/m1./s1. The summed E-state index contributed by atoms with van der Waals surface area (Å²) in [4.78, 5) is 44.5. The van der Waals surface area contributed by atoms with Crippen molar-refractivity contribution in [2.45, 2.75) is 29.5 Å².